The van der Waals surface area contributed by atoms with Crippen molar-refractivity contribution in [3.63, 3.8) is 0 Å². The van der Waals surface area contributed by atoms with Gasteiger partial charge in [-0.3, -0.25) is 0 Å². The monoisotopic (exact) mass is 246 g/mol. The van der Waals surface area contributed by atoms with Crippen LogP contribution in [0.15, 0.2) is 34.9 Å². The van der Waals surface area contributed by atoms with Crippen LogP contribution in [0.4, 0.5) is 0 Å². The van der Waals surface area contributed by atoms with Gasteiger partial charge in [0.1, 0.15) is 5.76 Å². The van der Waals surface area contributed by atoms with Gasteiger partial charge in [0.15, 0.2) is 0 Å². The number of aryl methyl sites for hydroxylation is 1. The lowest BCUT2D eigenvalue weighted by atomic mass is 10.1. The predicted molar refractivity (Wildman–Crippen MR) is 68.9 cm³/mol. The normalized spacial score (nSPS) is 10.8. The van der Waals surface area contributed by atoms with E-state index in [0.29, 0.717) is 13.2 Å². The second-order valence-electron chi connectivity index (χ2n) is 4.17. The van der Waals surface area contributed by atoms with E-state index in [1.54, 1.807) is 13.3 Å². The van der Waals surface area contributed by atoms with Crippen LogP contribution in [-0.4, -0.2) is 12.1 Å². The van der Waals surface area contributed by atoms with Crippen LogP contribution in [0.5, 0.6) is 0 Å². The van der Waals surface area contributed by atoms with Crippen LogP contribution in [0.2, 0.25) is 0 Å². The van der Waals surface area contributed by atoms with Crippen molar-refractivity contribution in [1.82, 2.24) is 10.3 Å². The maximum Gasteiger partial charge on any atom is 0.208 e. The van der Waals surface area contributed by atoms with Crippen molar-refractivity contribution in [2.24, 2.45) is 0 Å². The minimum atomic E-state index is 0.634. The topological polar surface area (TPSA) is 47.3 Å². The molecule has 4 nitrogen and oxygen atoms in total. The van der Waals surface area contributed by atoms with Crippen LogP contribution < -0.4 is 5.32 Å². The Morgan fingerprint density at radius 1 is 1.22 bits per heavy atom. The number of hydrogen-bond donors (Lipinski definition) is 1. The number of nitrogens with zero attached hydrogens (tertiary/aromatic N) is 1. The maximum atomic E-state index is 5.40. The second kappa shape index (κ2) is 6.33. The molecule has 0 saturated heterocycles. The van der Waals surface area contributed by atoms with Gasteiger partial charge in [-0.15, -0.1) is 0 Å². The van der Waals surface area contributed by atoms with Crippen LogP contribution in [-0.2, 0) is 24.4 Å². The Labute approximate surface area is 107 Å². The Bertz CT molecular complexity index is 494. The Hall–Kier alpha value is -1.65. The van der Waals surface area contributed by atoms with Crippen molar-refractivity contribution in [2.45, 2.75) is 26.6 Å². The minimum Gasteiger partial charge on any atom is -0.445 e. The van der Waals surface area contributed by atoms with E-state index in [2.05, 4.69) is 22.4 Å². The number of oxazole rings is 1. The molecule has 0 fully saturated rings. The first kappa shape index (κ1) is 12.8. The summed E-state index contributed by atoms with van der Waals surface area (Å²) in [6.45, 7) is 3.94. The Morgan fingerprint density at radius 3 is 2.67 bits per heavy atom. The predicted octanol–water partition coefficient (Wildman–Crippen LogP) is 2.42. The summed E-state index contributed by atoms with van der Waals surface area (Å²) < 4.78 is 10.6. The molecule has 1 aromatic carbocycles. The number of rotatable bonds is 6. The van der Waals surface area contributed by atoms with Crippen molar-refractivity contribution in [3.05, 3.63) is 53.2 Å². The van der Waals surface area contributed by atoms with Crippen LogP contribution >= 0.6 is 0 Å². The first-order valence-electron chi connectivity index (χ1n) is 5.97. The molecule has 0 radical (unpaired) electrons. The van der Waals surface area contributed by atoms with E-state index in [1.165, 1.54) is 11.1 Å². The van der Waals surface area contributed by atoms with Gasteiger partial charge in [-0.2, -0.15) is 0 Å². The molecule has 0 aliphatic rings. The molecule has 96 valence electrons. The summed E-state index contributed by atoms with van der Waals surface area (Å²) in [5.41, 5.74) is 2.44. The summed E-state index contributed by atoms with van der Waals surface area (Å²) in [6, 6.07) is 8.23. The smallest absolute Gasteiger partial charge is 0.208 e. The second-order valence-corrected chi connectivity index (χ2v) is 4.17. The molecule has 2 aromatic rings. The summed E-state index contributed by atoms with van der Waals surface area (Å²) in [7, 11) is 1.71. The Balaban J connectivity index is 1.89. The third-order valence-corrected chi connectivity index (χ3v) is 2.68. The van der Waals surface area contributed by atoms with Gasteiger partial charge in [-0.05, 0) is 18.1 Å². The van der Waals surface area contributed by atoms with Crippen LogP contribution in [0, 0.1) is 6.92 Å². The summed E-state index contributed by atoms with van der Waals surface area (Å²) in [5.74, 6) is 1.56. The molecule has 0 bridgehead atoms. The third kappa shape index (κ3) is 3.42. The number of ether oxygens (including phenoxy) is 1. The summed E-state index contributed by atoms with van der Waals surface area (Å²) in [5, 5.41) is 3.32. The maximum absolute atomic E-state index is 5.40. The van der Waals surface area contributed by atoms with Gasteiger partial charge in [-0.1, -0.05) is 24.3 Å². The highest BCUT2D eigenvalue weighted by Crippen LogP contribution is 2.10. The van der Waals surface area contributed by atoms with Gasteiger partial charge in [0.2, 0.25) is 5.89 Å². The highest BCUT2D eigenvalue weighted by Gasteiger charge is 2.03. The SMILES string of the molecule is COCc1ccccc1CNCc1ncc(C)o1. The lowest BCUT2D eigenvalue weighted by Gasteiger charge is -2.08. The molecule has 0 amide bonds. The zero-order chi connectivity index (χ0) is 12.8. The van der Waals surface area contributed by atoms with Crippen molar-refractivity contribution in [2.75, 3.05) is 7.11 Å². The van der Waals surface area contributed by atoms with E-state index in [0.717, 1.165) is 18.2 Å². The molecule has 0 saturated carbocycles. The summed E-state index contributed by atoms with van der Waals surface area (Å²) in [4.78, 5) is 4.15. The lowest BCUT2D eigenvalue weighted by molar-refractivity contribution is 0.184. The van der Waals surface area contributed by atoms with E-state index in [4.69, 9.17) is 9.15 Å². The van der Waals surface area contributed by atoms with Crippen molar-refractivity contribution < 1.29 is 9.15 Å². The Kier molecular flexibility index (Phi) is 4.50. The van der Waals surface area contributed by atoms with E-state index in [1.807, 2.05) is 19.1 Å². The summed E-state index contributed by atoms with van der Waals surface area (Å²) >= 11 is 0. The fourth-order valence-corrected chi connectivity index (χ4v) is 1.81. The molecule has 2 rings (SSSR count). The number of hydrogen-bond acceptors (Lipinski definition) is 4. The van der Waals surface area contributed by atoms with Crippen molar-refractivity contribution in [3.8, 4) is 0 Å². The van der Waals surface area contributed by atoms with E-state index in [-0.39, 0.29) is 0 Å². The highest BCUT2D eigenvalue weighted by atomic mass is 16.5. The highest BCUT2D eigenvalue weighted by molar-refractivity contribution is 5.26. The molecule has 0 aliphatic heterocycles. The van der Waals surface area contributed by atoms with E-state index in [9.17, 15) is 0 Å². The van der Waals surface area contributed by atoms with Crippen LogP contribution in [0.1, 0.15) is 22.8 Å². The quantitative estimate of drug-likeness (QED) is 0.850. The molecular weight excluding hydrogens is 228 g/mol. The minimum absolute atomic E-state index is 0.634. The molecule has 1 heterocycles. The zero-order valence-corrected chi connectivity index (χ0v) is 10.8. The van der Waals surface area contributed by atoms with Gasteiger partial charge < -0.3 is 14.5 Å². The molecule has 0 unspecified atom stereocenters. The van der Waals surface area contributed by atoms with Gasteiger partial charge in [0.25, 0.3) is 0 Å². The van der Waals surface area contributed by atoms with Gasteiger partial charge >= 0.3 is 0 Å². The molecule has 4 heteroatoms. The van der Waals surface area contributed by atoms with Crippen LogP contribution in [0.3, 0.4) is 0 Å². The molecule has 0 aliphatic carbocycles. The Morgan fingerprint density at radius 2 is 2.00 bits per heavy atom. The van der Waals surface area contributed by atoms with Gasteiger partial charge in [0.05, 0.1) is 19.3 Å². The first-order chi connectivity index (χ1) is 8.79. The largest absolute Gasteiger partial charge is 0.445 e. The lowest BCUT2D eigenvalue weighted by Crippen LogP contribution is -2.14. The molecule has 0 spiro atoms. The average Bonchev–Trinajstić information content (AvgIpc) is 2.78. The van der Waals surface area contributed by atoms with Crippen LogP contribution in [0.25, 0.3) is 0 Å². The van der Waals surface area contributed by atoms with Crippen molar-refractivity contribution in [1.29, 1.82) is 0 Å². The molecule has 1 aromatic heterocycles. The third-order valence-electron chi connectivity index (χ3n) is 2.68. The fourth-order valence-electron chi connectivity index (χ4n) is 1.81. The number of benzene rings is 1. The van der Waals surface area contributed by atoms with E-state index >= 15 is 0 Å². The van der Waals surface area contributed by atoms with Crippen molar-refractivity contribution >= 4 is 0 Å². The van der Waals surface area contributed by atoms with Gasteiger partial charge in [-0.25, -0.2) is 4.98 Å². The van der Waals surface area contributed by atoms with Gasteiger partial charge in [0, 0.05) is 13.7 Å². The standard InChI is InChI=1S/C14H18N2O2/c1-11-7-16-14(18-11)9-15-8-12-5-3-4-6-13(12)10-17-2/h3-7,15H,8-10H2,1-2H3. The number of aromatic nitrogens is 1. The molecule has 1 N–H and O–H groups in total. The zero-order valence-electron chi connectivity index (χ0n) is 10.8. The number of methoxy groups -OCH3 is 1. The fraction of sp³-hybridized carbons (Fsp3) is 0.357. The molecular formula is C14H18N2O2. The molecule has 18 heavy (non-hydrogen) atoms. The molecule has 0 atom stereocenters. The van der Waals surface area contributed by atoms with E-state index < -0.39 is 0 Å². The summed E-state index contributed by atoms with van der Waals surface area (Å²) in [6.07, 6.45) is 1.73. The first-order valence-corrected chi connectivity index (χ1v) is 5.97. The average molecular weight is 246 g/mol. The number of nitrogens with one attached hydrogen (secondary N) is 1.